The molecule has 0 heteroatoms. The van der Waals surface area contributed by atoms with Crippen molar-refractivity contribution in [3.05, 3.63) is 249 Å². The fourth-order valence-corrected chi connectivity index (χ4v) is 7.27. The van der Waals surface area contributed by atoms with E-state index in [2.05, 4.69) is 260 Å². The van der Waals surface area contributed by atoms with Crippen molar-refractivity contribution in [3.8, 4) is 0 Å². The highest BCUT2D eigenvalue weighted by molar-refractivity contribution is 5.95. The van der Waals surface area contributed by atoms with Crippen molar-refractivity contribution < 1.29 is 0 Å². The van der Waals surface area contributed by atoms with Crippen molar-refractivity contribution >= 4 is 47.6 Å². The molecule has 58 heavy (non-hydrogen) atoms. The predicted octanol–water partition coefficient (Wildman–Crippen LogP) is 15.8. The van der Waals surface area contributed by atoms with Crippen LogP contribution in [-0.4, -0.2) is 0 Å². The maximum atomic E-state index is 2.33. The molecule has 0 aliphatic heterocycles. The van der Waals surface area contributed by atoms with Crippen LogP contribution in [0.2, 0.25) is 0 Å². The number of benzene rings is 7. The summed E-state index contributed by atoms with van der Waals surface area (Å²) >= 11 is 0. The van der Waals surface area contributed by atoms with E-state index in [0.717, 1.165) is 11.1 Å². The summed E-state index contributed by atoms with van der Waals surface area (Å²) in [5, 5.41) is 0. The smallest absolute Gasteiger partial charge is 0.0105 e. The Balaban J connectivity index is 1.21. The number of rotatable bonds is 10. The highest BCUT2D eigenvalue weighted by Crippen LogP contribution is 2.32. The quantitative estimate of drug-likeness (QED) is 0.122. The second-order valence-electron chi connectivity index (χ2n) is 17.1. The molecule has 0 saturated heterocycles. The van der Waals surface area contributed by atoms with E-state index < -0.39 is 0 Å². The van der Waals surface area contributed by atoms with Gasteiger partial charge in [0.2, 0.25) is 0 Å². The lowest BCUT2D eigenvalue weighted by Gasteiger charge is -2.20. The molecule has 0 unspecified atom stereocenters. The summed E-state index contributed by atoms with van der Waals surface area (Å²) < 4.78 is 0. The molecule has 0 aromatic heterocycles. The zero-order valence-electron chi connectivity index (χ0n) is 34.8. The molecule has 7 rings (SSSR count). The number of hydrogen-bond donors (Lipinski definition) is 0. The van der Waals surface area contributed by atoms with Gasteiger partial charge in [-0.05, 0) is 101 Å². The third kappa shape index (κ3) is 9.89. The topological polar surface area (TPSA) is 0 Å². The minimum absolute atomic E-state index is 0.101. The van der Waals surface area contributed by atoms with Crippen LogP contribution >= 0.6 is 0 Å². The van der Waals surface area contributed by atoms with Gasteiger partial charge in [-0.15, -0.1) is 0 Å². The van der Waals surface area contributed by atoms with E-state index in [9.17, 15) is 0 Å². The molecule has 0 aliphatic carbocycles. The molecule has 0 N–H and O–H groups in total. The van der Waals surface area contributed by atoms with Crippen molar-refractivity contribution in [2.45, 2.75) is 52.4 Å². The van der Waals surface area contributed by atoms with Gasteiger partial charge in [-0.25, -0.2) is 0 Å². The summed E-state index contributed by atoms with van der Waals surface area (Å²) in [5.41, 5.74) is 17.1. The van der Waals surface area contributed by atoms with Crippen LogP contribution in [-0.2, 0) is 10.8 Å². The average Bonchev–Trinajstić information content (AvgIpc) is 3.24. The third-order valence-electron chi connectivity index (χ3n) is 10.8. The van der Waals surface area contributed by atoms with Gasteiger partial charge in [-0.3, -0.25) is 0 Å². The molecule has 0 heterocycles. The zero-order chi connectivity index (χ0) is 40.5. The van der Waals surface area contributed by atoms with Gasteiger partial charge in [0.15, 0.2) is 0 Å². The molecule has 286 valence electrons. The fourth-order valence-electron chi connectivity index (χ4n) is 7.27. The van der Waals surface area contributed by atoms with Gasteiger partial charge in [0.05, 0.1) is 0 Å². The van der Waals surface area contributed by atoms with E-state index in [-0.39, 0.29) is 10.8 Å². The Labute approximate surface area is 347 Å². The molecule has 0 fully saturated rings. The van der Waals surface area contributed by atoms with E-state index in [1.165, 1.54) is 66.8 Å². The lowest BCUT2D eigenvalue weighted by atomic mass is 9.85. The Morgan fingerprint density at radius 2 is 0.517 bits per heavy atom. The Morgan fingerprint density at radius 3 is 0.810 bits per heavy atom. The van der Waals surface area contributed by atoms with Crippen molar-refractivity contribution in [2.75, 3.05) is 0 Å². The van der Waals surface area contributed by atoms with Crippen LogP contribution in [0.5, 0.6) is 0 Å². The van der Waals surface area contributed by atoms with Gasteiger partial charge in [0, 0.05) is 0 Å². The lowest BCUT2D eigenvalue weighted by molar-refractivity contribution is 0.590. The van der Waals surface area contributed by atoms with Crippen LogP contribution in [0.4, 0.5) is 0 Å². The normalized spacial score (nSPS) is 12.7. The fraction of sp³-hybridized carbons (Fsp3) is 0.138. The van der Waals surface area contributed by atoms with Crippen molar-refractivity contribution in [3.63, 3.8) is 0 Å². The molecule has 0 radical (unpaired) electrons. The predicted molar refractivity (Wildman–Crippen MR) is 254 cm³/mol. The highest BCUT2D eigenvalue weighted by atomic mass is 14.2. The minimum atomic E-state index is 0.101. The van der Waals surface area contributed by atoms with Gasteiger partial charge < -0.3 is 0 Å². The van der Waals surface area contributed by atoms with E-state index in [4.69, 9.17) is 0 Å². The number of hydrogen-bond acceptors (Lipinski definition) is 0. The third-order valence-corrected chi connectivity index (χ3v) is 10.8. The second kappa shape index (κ2) is 17.7. The minimum Gasteiger partial charge on any atom is -0.0622 e. The highest BCUT2D eigenvalue weighted by Gasteiger charge is 2.16. The van der Waals surface area contributed by atoms with E-state index in [1.807, 2.05) is 0 Å². The van der Waals surface area contributed by atoms with Crippen molar-refractivity contribution in [1.82, 2.24) is 0 Å². The molecular formula is C58H54. The Kier molecular flexibility index (Phi) is 12.2. The molecule has 0 aliphatic rings. The maximum absolute atomic E-state index is 2.33. The van der Waals surface area contributed by atoms with Gasteiger partial charge in [-0.2, -0.15) is 0 Å². The Morgan fingerprint density at radius 1 is 0.276 bits per heavy atom. The lowest BCUT2D eigenvalue weighted by Crippen LogP contribution is -2.10. The molecule has 7 aromatic carbocycles. The first-order chi connectivity index (χ1) is 28.0. The summed E-state index contributed by atoms with van der Waals surface area (Å²) in [6.45, 7) is 13.6. The zero-order valence-corrected chi connectivity index (χ0v) is 34.8. The van der Waals surface area contributed by atoms with Gasteiger partial charge in [0.1, 0.15) is 0 Å². The van der Waals surface area contributed by atoms with Gasteiger partial charge in [0.25, 0.3) is 0 Å². The molecule has 7 aromatic rings. The van der Waals surface area contributed by atoms with Crippen molar-refractivity contribution in [2.24, 2.45) is 0 Å². The summed E-state index contributed by atoms with van der Waals surface area (Å²) in [6, 6.07) is 65.5. The van der Waals surface area contributed by atoms with Gasteiger partial charge in [-0.1, -0.05) is 248 Å². The molecule has 0 saturated carbocycles. The first-order valence-electron chi connectivity index (χ1n) is 20.4. The summed E-state index contributed by atoms with van der Waals surface area (Å²) in [7, 11) is 0. The van der Waals surface area contributed by atoms with Crippen LogP contribution in [0.25, 0.3) is 47.6 Å². The van der Waals surface area contributed by atoms with Crippen molar-refractivity contribution in [1.29, 1.82) is 0 Å². The summed E-state index contributed by atoms with van der Waals surface area (Å²) in [6.07, 6.45) is 13.6. The summed E-state index contributed by atoms with van der Waals surface area (Å²) in [5.74, 6) is 0. The molecule has 0 atom stereocenters. The SMILES string of the molecule is CC(C)(C)c1ccc(/C(=C\c2ccccc2C=Cc2ccccc2C=Cc2ccccc2/C=C(/c2ccccc2)c2ccc(C(C)(C)C)cc2)c2ccccc2)cc1. The van der Waals surface area contributed by atoms with Crippen LogP contribution < -0.4 is 0 Å². The van der Waals surface area contributed by atoms with Gasteiger partial charge >= 0.3 is 0 Å². The van der Waals surface area contributed by atoms with E-state index >= 15 is 0 Å². The second-order valence-corrected chi connectivity index (χ2v) is 17.1. The Hall–Kier alpha value is -6.50. The first kappa shape index (κ1) is 39.7. The standard InChI is InChI=1S/C58H54/c1-57(2,3)53-37-33-49(34-38-53)55(47-23-9-7-10-24-47)41-51-27-17-15-21-45(51)31-29-43-19-13-14-20-44(43)30-32-46-22-16-18-28-52(46)42-56(48-25-11-8-12-26-48)50-35-39-54(40-36-50)58(4,5)6/h7-42H,1-6H3/b31-29?,32-30?,55-41-,56-42-. The van der Waals surface area contributed by atoms with Crippen LogP contribution in [0.1, 0.15) is 108 Å². The molecule has 0 spiro atoms. The van der Waals surface area contributed by atoms with Crippen LogP contribution in [0.3, 0.4) is 0 Å². The largest absolute Gasteiger partial charge is 0.0622 e. The van der Waals surface area contributed by atoms with Crippen LogP contribution in [0, 0.1) is 0 Å². The maximum Gasteiger partial charge on any atom is -0.0105 e. The molecular weight excluding hydrogens is 697 g/mol. The average molecular weight is 751 g/mol. The molecule has 0 amide bonds. The first-order valence-corrected chi connectivity index (χ1v) is 20.4. The Bertz CT molecular complexity index is 2380. The summed E-state index contributed by atoms with van der Waals surface area (Å²) in [4.78, 5) is 0. The monoisotopic (exact) mass is 750 g/mol. The van der Waals surface area contributed by atoms with E-state index in [1.54, 1.807) is 0 Å². The van der Waals surface area contributed by atoms with Crippen LogP contribution in [0.15, 0.2) is 182 Å². The molecule has 0 bridgehead atoms. The van der Waals surface area contributed by atoms with E-state index in [0.29, 0.717) is 0 Å². The molecule has 0 nitrogen and oxygen atoms in total.